The SMILES string of the molecule is C/C=C(\C)[C@H](O)[C@](C)(CO)c1c(O)c(-c2ccccc2)c[nH]c1=O. The predicted octanol–water partition coefficient (Wildman–Crippen LogP) is 2.32. The van der Waals surface area contributed by atoms with Gasteiger partial charge in [0.05, 0.1) is 23.7 Å². The van der Waals surface area contributed by atoms with Crippen molar-refractivity contribution in [2.75, 3.05) is 6.61 Å². The summed E-state index contributed by atoms with van der Waals surface area (Å²) in [6.45, 7) is 4.55. The molecular weight excluding hydrogens is 306 g/mol. The van der Waals surface area contributed by atoms with Crippen molar-refractivity contribution in [3.05, 3.63) is 64.1 Å². The first-order valence-corrected chi connectivity index (χ1v) is 7.79. The number of aliphatic hydroxyl groups is 2. The lowest BCUT2D eigenvalue weighted by Crippen LogP contribution is -2.44. The quantitative estimate of drug-likeness (QED) is 0.633. The zero-order chi connectivity index (χ0) is 17.9. The minimum Gasteiger partial charge on any atom is -0.507 e. The summed E-state index contributed by atoms with van der Waals surface area (Å²) < 4.78 is 0. The molecule has 0 unspecified atom stereocenters. The summed E-state index contributed by atoms with van der Waals surface area (Å²) in [6, 6.07) is 9.11. The van der Waals surface area contributed by atoms with Crippen LogP contribution in [0.5, 0.6) is 5.75 Å². The normalized spacial score (nSPS) is 15.8. The molecule has 5 nitrogen and oxygen atoms in total. The first-order valence-electron chi connectivity index (χ1n) is 7.79. The van der Waals surface area contributed by atoms with Crippen LogP contribution >= 0.6 is 0 Å². The topological polar surface area (TPSA) is 93.5 Å². The molecule has 24 heavy (non-hydrogen) atoms. The van der Waals surface area contributed by atoms with E-state index >= 15 is 0 Å². The molecule has 0 aliphatic carbocycles. The highest BCUT2D eigenvalue weighted by atomic mass is 16.3. The van der Waals surface area contributed by atoms with Gasteiger partial charge in [-0.05, 0) is 25.0 Å². The fourth-order valence-electron chi connectivity index (χ4n) is 2.85. The first-order chi connectivity index (χ1) is 11.4. The Balaban J connectivity index is 2.71. The predicted molar refractivity (Wildman–Crippen MR) is 94.0 cm³/mol. The van der Waals surface area contributed by atoms with Crippen molar-refractivity contribution in [1.29, 1.82) is 0 Å². The lowest BCUT2D eigenvalue weighted by atomic mass is 9.75. The van der Waals surface area contributed by atoms with Gasteiger partial charge in [-0.15, -0.1) is 0 Å². The molecule has 0 radical (unpaired) electrons. The van der Waals surface area contributed by atoms with E-state index < -0.39 is 23.7 Å². The Kier molecular flexibility index (Phi) is 5.26. The third kappa shape index (κ3) is 3.00. The van der Waals surface area contributed by atoms with Gasteiger partial charge in [-0.25, -0.2) is 0 Å². The van der Waals surface area contributed by atoms with E-state index in [1.54, 1.807) is 39.0 Å². The van der Waals surface area contributed by atoms with Gasteiger partial charge in [0.1, 0.15) is 5.75 Å². The monoisotopic (exact) mass is 329 g/mol. The summed E-state index contributed by atoms with van der Waals surface area (Å²) in [5.41, 5.74) is -0.124. The second-order valence-electron chi connectivity index (χ2n) is 6.13. The van der Waals surface area contributed by atoms with Gasteiger partial charge in [-0.1, -0.05) is 43.3 Å². The number of aliphatic hydroxyl groups excluding tert-OH is 2. The number of H-pyrrole nitrogens is 1. The summed E-state index contributed by atoms with van der Waals surface area (Å²) in [5.74, 6) is -0.232. The van der Waals surface area contributed by atoms with Crippen molar-refractivity contribution in [3.63, 3.8) is 0 Å². The zero-order valence-corrected chi connectivity index (χ0v) is 14.1. The van der Waals surface area contributed by atoms with Crippen LogP contribution in [0.25, 0.3) is 11.1 Å². The molecule has 1 heterocycles. The molecule has 128 valence electrons. The molecule has 0 bridgehead atoms. The maximum atomic E-state index is 12.4. The van der Waals surface area contributed by atoms with Crippen molar-refractivity contribution < 1.29 is 15.3 Å². The molecule has 0 aliphatic rings. The number of allylic oxidation sites excluding steroid dienone is 1. The zero-order valence-electron chi connectivity index (χ0n) is 14.1. The maximum Gasteiger partial charge on any atom is 0.255 e. The van der Waals surface area contributed by atoms with Crippen molar-refractivity contribution >= 4 is 0 Å². The molecule has 0 fully saturated rings. The van der Waals surface area contributed by atoms with E-state index in [2.05, 4.69) is 4.98 Å². The standard InChI is InChI=1S/C19H23NO4/c1-4-12(2)17(23)19(3,11-21)15-16(22)14(10-20-18(15)24)13-8-6-5-7-9-13/h4-10,17,21,23H,11H2,1-3H3,(H2,20,22,24)/b12-4+/t17-,19+/m0/s1. The lowest BCUT2D eigenvalue weighted by Gasteiger charge is -2.33. The average Bonchev–Trinajstić information content (AvgIpc) is 2.60. The summed E-state index contributed by atoms with van der Waals surface area (Å²) in [6.07, 6.45) is 2.04. The minimum absolute atomic E-state index is 0.0277. The van der Waals surface area contributed by atoms with Gasteiger partial charge in [0, 0.05) is 11.8 Å². The number of aromatic amines is 1. The Labute approximate surface area is 140 Å². The minimum atomic E-state index is -1.33. The van der Waals surface area contributed by atoms with Gasteiger partial charge in [0.2, 0.25) is 0 Å². The van der Waals surface area contributed by atoms with Gasteiger partial charge < -0.3 is 20.3 Å². The molecule has 4 N–H and O–H groups in total. The van der Waals surface area contributed by atoms with Crippen LogP contribution in [-0.4, -0.2) is 33.0 Å². The number of aromatic hydroxyl groups is 1. The van der Waals surface area contributed by atoms with Crippen molar-refractivity contribution in [1.82, 2.24) is 4.98 Å². The molecule has 0 saturated carbocycles. The Morgan fingerprint density at radius 1 is 1.33 bits per heavy atom. The fourth-order valence-corrected chi connectivity index (χ4v) is 2.85. The molecule has 0 saturated heterocycles. The number of benzene rings is 1. The molecule has 1 aromatic carbocycles. The largest absolute Gasteiger partial charge is 0.507 e. The summed E-state index contributed by atoms with van der Waals surface area (Å²) in [7, 11) is 0. The van der Waals surface area contributed by atoms with Crippen LogP contribution in [0, 0.1) is 0 Å². The number of hydrogen-bond donors (Lipinski definition) is 4. The molecular formula is C19H23NO4. The van der Waals surface area contributed by atoms with Crippen molar-refractivity contribution in [2.45, 2.75) is 32.3 Å². The van der Waals surface area contributed by atoms with Crippen LogP contribution in [0.15, 0.2) is 53.0 Å². The number of nitrogens with one attached hydrogen (secondary N) is 1. The van der Waals surface area contributed by atoms with E-state index in [-0.39, 0.29) is 11.3 Å². The van der Waals surface area contributed by atoms with E-state index in [9.17, 15) is 20.1 Å². The Bertz CT molecular complexity index is 795. The van der Waals surface area contributed by atoms with Crippen LogP contribution in [-0.2, 0) is 5.41 Å². The second kappa shape index (κ2) is 7.03. The van der Waals surface area contributed by atoms with E-state index in [4.69, 9.17) is 0 Å². The van der Waals surface area contributed by atoms with Gasteiger partial charge >= 0.3 is 0 Å². The van der Waals surface area contributed by atoms with Crippen LogP contribution < -0.4 is 5.56 Å². The Morgan fingerprint density at radius 3 is 2.50 bits per heavy atom. The summed E-state index contributed by atoms with van der Waals surface area (Å²) >= 11 is 0. The third-order valence-corrected chi connectivity index (χ3v) is 4.54. The molecule has 2 rings (SSSR count). The summed E-state index contributed by atoms with van der Waals surface area (Å²) in [5, 5.41) is 31.3. The molecule has 2 aromatic rings. The van der Waals surface area contributed by atoms with E-state index in [0.29, 0.717) is 11.1 Å². The number of aromatic nitrogens is 1. The number of rotatable bonds is 5. The van der Waals surface area contributed by atoms with E-state index in [0.717, 1.165) is 5.56 Å². The smallest absolute Gasteiger partial charge is 0.255 e. The van der Waals surface area contributed by atoms with E-state index in [1.807, 2.05) is 18.2 Å². The highest BCUT2D eigenvalue weighted by Crippen LogP contribution is 2.38. The highest BCUT2D eigenvalue weighted by molar-refractivity contribution is 5.71. The van der Waals surface area contributed by atoms with Crippen molar-refractivity contribution in [3.8, 4) is 16.9 Å². The van der Waals surface area contributed by atoms with Crippen LogP contribution in [0.4, 0.5) is 0 Å². The van der Waals surface area contributed by atoms with Gasteiger partial charge in [0.15, 0.2) is 0 Å². The van der Waals surface area contributed by atoms with Crippen LogP contribution in [0.1, 0.15) is 26.3 Å². The molecule has 5 heteroatoms. The van der Waals surface area contributed by atoms with Crippen LogP contribution in [0.3, 0.4) is 0 Å². The second-order valence-corrected chi connectivity index (χ2v) is 6.13. The van der Waals surface area contributed by atoms with E-state index in [1.165, 1.54) is 6.20 Å². The molecule has 0 amide bonds. The maximum absolute atomic E-state index is 12.4. The molecule has 2 atom stereocenters. The number of hydrogen-bond acceptors (Lipinski definition) is 4. The van der Waals surface area contributed by atoms with Gasteiger partial charge in [0.25, 0.3) is 5.56 Å². The number of pyridine rings is 1. The average molecular weight is 329 g/mol. The highest BCUT2D eigenvalue weighted by Gasteiger charge is 2.40. The Morgan fingerprint density at radius 2 is 1.96 bits per heavy atom. The Hall–Kier alpha value is -2.37. The third-order valence-electron chi connectivity index (χ3n) is 4.54. The lowest BCUT2D eigenvalue weighted by molar-refractivity contribution is 0.0702. The molecule has 0 spiro atoms. The molecule has 0 aliphatic heterocycles. The summed E-state index contributed by atoms with van der Waals surface area (Å²) in [4.78, 5) is 15.0. The molecule has 1 aromatic heterocycles. The fraction of sp³-hybridized carbons (Fsp3) is 0.316. The van der Waals surface area contributed by atoms with Crippen molar-refractivity contribution in [2.24, 2.45) is 0 Å². The first kappa shape index (κ1) is 18.0. The van der Waals surface area contributed by atoms with Crippen LogP contribution in [0.2, 0.25) is 0 Å². The van der Waals surface area contributed by atoms with Gasteiger partial charge in [-0.2, -0.15) is 0 Å². The van der Waals surface area contributed by atoms with Gasteiger partial charge in [-0.3, -0.25) is 4.79 Å².